The van der Waals surface area contributed by atoms with Gasteiger partial charge in [-0.15, -0.1) is 0 Å². The van der Waals surface area contributed by atoms with Gasteiger partial charge in [0, 0.05) is 38.3 Å². The summed E-state index contributed by atoms with van der Waals surface area (Å²) < 4.78 is 0. The van der Waals surface area contributed by atoms with E-state index in [4.69, 9.17) is 5.11 Å². The van der Waals surface area contributed by atoms with Crippen LogP contribution >= 0.6 is 0 Å². The second-order valence-electron chi connectivity index (χ2n) is 6.51. The molecule has 0 saturated carbocycles. The van der Waals surface area contributed by atoms with Gasteiger partial charge in [-0.05, 0) is 31.0 Å². The Morgan fingerprint density at radius 3 is 2.29 bits per heavy atom. The van der Waals surface area contributed by atoms with E-state index in [2.05, 4.69) is 10.2 Å². The molecule has 1 aromatic rings. The van der Waals surface area contributed by atoms with Gasteiger partial charge in [0.1, 0.15) is 0 Å². The fourth-order valence-corrected chi connectivity index (χ4v) is 3.28. The van der Waals surface area contributed by atoms with Gasteiger partial charge in [0.25, 0.3) is 0 Å². The molecule has 7 heteroatoms. The van der Waals surface area contributed by atoms with Crippen molar-refractivity contribution < 1.29 is 19.5 Å². The second-order valence-corrected chi connectivity index (χ2v) is 6.51. The van der Waals surface area contributed by atoms with Gasteiger partial charge < -0.3 is 14.9 Å². The largest absolute Gasteiger partial charge is 0.465 e. The quantitative estimate of drug-likeness (QED) is 0.794. The number of rotatable bonds is 2. The van der Waals surface area contributed by atoms with Crippen LogP contribution in [0.15, 0.2) is 24.3 Å². The van der Waals surface area contributed by atoms with Crippen molar-refractivity contribution in [3.05, 3.63) is 29.8 Å². The molecule has 2 fully saturated rings. The van der Waals surface area contributed by atoms with Gasteiger partial charge in [-0.3, -0.25) is 14.9 Å². The minimum absolute atomic E-state index is 0.217. The Balaban J connectivity index is 1.71. The Labute approximate surface area is 140 Å². The number of carbonyl (C=O) groups excluding carboxylic acids is 2. The monoisotopic (exact) mass is 331 g/mol. The highest BCUT2D eigenvalue weighted by atomic mass is 16.4. The number of carboxylic acid groups (broad SMARTS) is 1. The van der Waals surface area contributed by atoms with Crippen LogP contribution in [0.25, 0.3) is 0 Å². The molecule has 0 radical (unpaired) electrons. The summed E-state index contributed by atoms with van der Waals surface area (Å²) in [6.07, 6.45) is -0.0223. The summed E-state index contributed by atoms with van der Waals surface area (Å²) in [6.45, 7) is 4.13. The number of hydrogen-bond donors (Lipinski definition) is 2. The van der Waals surface area contributed by atoms with E-state index in [1.807, 2.05) is 31.2 Å². The number of hydrogen-bond acceptors (Lipinski definition) is 4. The number of nitrogens with one attached hydrogen (secondary N) is 1. The number of amides is 3. The lowest BCUT2D eigenvalue weighted by Gasteiger charge is -2.35. The molecule has 0 aromatic heterocycles. The standard InChI is InChI=1S/C17H21N3O4/c1-17(7-6-14(21)18-15(17)22)12-2-4-13(5-3-12)19-8-10-20(11-9-19)16(23)24/h2-5H,6-11H2,1H3,(H,23,24)(H,18,21,22). The predicted molar refractivity (Wildman–Crippen MR) is 88.0 cm³/mol. The van der Waals surface area contributed by atoms with Crippen LogP contribution in [0.5, 0.6) is 0 Å². The molecule has 7 nitrogen and oxygen atoms in total. The number of piperazine rings is 1. The first kappa shape index (κ1) is 16.3. The third-order valence-corrected chi connectivity index (χ3v) is 5.03. The van der Waals surface area contributed by atoms with Gasteiger partial charge in [0.15, 0.2) is 0 Å². The summed E-state index contributed by atoms with van der Waals surface area (Å²) in [7, 11) is 0. The lowest BCUT2D eigenvalue weighted by Crippen LogP contribution is -2.50. The molecule has 2 aliphatic rings. The van der Waals surface area contributed by atoms with E-state index in [1.54, 1.807) is 0 Å². The molecule has 1 atom stereocenters. The van der Waals surface area contributed by atoms with Gasteiger partial charge in [0.2, 0.25) is 11.8 Å². The van der Waals surface area contributed by atoms with E-state index in [0.29, 0.717) is 39.0 Å². The summed E-state index contributed by atoms with van der Waals surface area (Å²) in [5.41, 5.74) is 1.22. The summed E-state index contributed by atoms with van der Waals surface area (Å²) in [6, 6.07) is 7.77. The van der Waals surface area contributed by atoms with E-state index in [9.17, 15) is 14.4 Å². The zero-order valence-corrected chi connectivity index (χ0v) is 13.6. The average Bonchev–Trinajstić information content (AvgIpc) is 2.59. The molecule has 1 unspecified atom stereocenters. The maximum absolute atomic E-state index is 12.2. The lowest BCUT2D eigenvalue weighted by molar-refractivity contribution is -0.137. The van der Waals surface area contributed by atoms with Crippen LogP contribution < -0.4 is 10.2 Å². The Hall–Kier alpha value is -2.57. The highest BCUT2D eigenvalue weighted by Gasteiger charge is 2.39. The number of carbonyl (C=O) groups is 3. The fraction of sp³-hybridized carbons (Fsp3) is 0.471. The molecule has 2 N–H and O–H groups in total. The van der Waals surface area contributed by atoms with Gasteiger partial charge in [-0.25, -0.2) is 4.79 Å². The number of anilines is 1. The number of imide groups is 1. The molecule has 3 rings (SSSR count). The maximum Gasteiger partial charge on any atom is 0.407 e. The molecule has 0 bridgehead atoms. The van der Waals surface area contributed by atoms with Crippen LogP contribution in [-0.2, 0) is 15.0 Å². The Kier molecular flexibility index (Phi) is 4.17. The van der Waals surface area contributed by atoms with Crippen molar-refractivity contribution in [2.24, 2.45) is 0 Å². The molecule has 2 heterocycles. The number of nitrogens with zero attached hydrogens (tertiary/aromatic N) is 2. The van der Waals surface area contributed by atoms with Gasteiger partial charge in [0.05, 0.1) is 5.41 Å². The smallest absolute Gasteiger partial charge is 0.407 e. The lowest BCUT2D eigenvalue weighted by atomic mass is 9.75. The van der Waals surface area contributed by atoms with E-state index >= 15 is 0 Å². The van der Waals surface area contributed by atoms with E-state index in [1.165, 1.54) is 4.90 Å². The molecule has 0 aliphatic carbocycles. The van der Waals surface area contributed by atoms with Crippen molar-refractivity contribution >= 4 is 23.6 Å². The van der Waals surface area contributed by atoms with E-state index < -0.39 is 11.5 Å². The first-order valence-electron chi connectivity index (χ1n) is 8.08. The molecule has 2 aliphatic heterocycles. The summed E-state index contributed by atoms with van der Waals surface area (Å²) in [5.74, 6) is -0.466. The van der Waals surface area contributed by atoms with Gasteiger partial charge in [-0.2, -0.15) is 0 Å². The van der Waals surface area contributed by atoms with Crippen LogP contribution in [-0.4, -0.2) is 54.1 Å². The minimum Gasteiger partial charge on any atom is -0.465 e. The molecule has 0 spiro atoms. The van der Waals surface area contributed by atoms with Crippen molar-refractivity contribution in [3.63, 3.8) is 0 Å². The third-order valence-electron chi connectivity index (χ3n) is 5.03. The van der Waals surface area contributed by atoms with Crippen molar-refractivity contribution in [3.8, 4) is 0 Å². The summed E-state index contributed by atoms with van der Waals surface area (Å²) >= 11 is 0. The van der Waals surface area contributed by atoms with Crippen LogP contribution in [0.3, 0.4) is 0 Å². The van der Waals surface area contributed by atoms with Crippen molar-refractivity contribution in [1.82, 2.24) is 10.2 Å². The van der Waals surface area contributed by atoms with Crippen molar-refractivity contribution in [1.29, 1.82) is 0 Å². The zero-order valence-electron chi connectivity index (χ0n) is 13.6. The molecular weight excluding hydrogens is 310 g/mol. The van der Waals surface area contributed by atoms with E-state index in [-0.39, 0.29) is 11.8 Å². The highest BCUT2D eigenvalue weighted by molar-refractivity contribution is 6.03. The topological polar surface area (TPSA) is 89.9 Å². The maximum atomic E-state index is 12.2. The average molecular weight is 331 g/mol. The zero-order chi connectivity index (χ0) is 17.3. The van der Waals surface area contributed by atoms with Gasteiger partial charge >= 0.3 is 6.09 Å². The normalized spacial score (nSPS) is 24.7. The molecule has 128 valence electrons. The van der Waals surface area contributed by atoms with Crippen molar-refractivity contribution in [2.75, 3.05) is 31.1 Å². The Bertz CT molecular complexity index is 665. The first-order chi connectivity index (χ1) is 11.4. The highest BCUT2D eigenvalue weighted by Crippen LogP contribution is 2.33. The SMILES string of the molecule is CC1(c2ccc(N3CCN(C(=O)O)CC3)cc2)CCC(=O)NC1=O. The van der Waals surface area contributed by atoms with Crippen LogP contribution in [0.1, 0.15) is 25.3 Å². The minimum atomic E-state index is -0.879. The summed E-state index contributed by atoms with van der Waals surface area (Å²) in [5, 5.41) is 11.4. The second kappa shape index (κ2) is 6.14. The molecular formula is C17H21N3O4. The molecule has 3 amide bonds. The number of piperidine rings is 1. The van der Waals surface area contributed by atoms with Crippen LogP contribution in [0.2, 0.25) is 0 Å². The molecule has 2 saturated heterocycles. The fourth-order valence-electron chi connectivity index (χ4n) is 3.28. The number of benzene rings is 1. The Morgan fingerprint density at radius 1 is 1.12 bits per heavy atom. The predicted octanol–water partition coefficient (Wildman–Crippen LogP) is 1.18. The molecule has 1 aromatic carbocycles. The molecule has 24 heavy (non-hydrogen) atoms. The Morgan fingerprint density at radius 2 is 1.75 bits per heavy atom. The van der Waals surface area contributed by atoms with Crippen molar-refractivity contribution in [2.45, 2.75) is 25.2 Å². The van der Waals surface area contributed by atoms with Gasteiger partial charge in [-0.1, -0.05) is 12.1 Å². The van der Waals surface area contributed by atoms with Crippen LogP contribution in [0, 0.1) is 0 Å². The first-order valence-corrected chi connectivity index (χ1v) is 8.08. The van der Waals surface area contributed by atoms with Crippen LogP contribution in [0.4, 0.5) is 10.5 Å². The third kappa shape index (κ3) is 2.93. The summed E-state index contributed by atoms with van der Waals surface area (Å²) in [4.78, 5) is 38.1. The van der Waals surface area contributed by atoms with E-state index in [0.717, 1.165) is 11.3 Å².